The predicted molar refractivity (Wildman–Crippen MR) is 148 cm³/mol. The standard InChI is InChI=1S/C25H28ClN3O6.C3H8O/c1-33-10-11-34-25(32)27-13-18(31)14-35-19-5-2-16(3-6-19)24-23-20(8-9-29(24)15-30)21-12-17(26)4-7-22(21)28-23;1-3-4-2/h2-7,12,15,18,24,28,31H,8-11,13-14H2,1H3,(H,27,32);3H2,1-2H3. The van der Waals surface area contributed by atoms with Crippen LogP contribution in [0.3, 0.4) is 0 Å². The molecule has 2 aromatic carbocycles. The zero-order valence-electron chi connectivity index (χ0n) is 22.4. The van der Waals surface area contributed by atoms with Crippen molar-refractivity contribution in [2.45, 2.75) is 25.5 Å². The third-order valence-corrected chi connectivity index (χ3v) is 6.43. The number of methoxy groups -OCH3 is 2. The molecule has 1 aliphatic heterocycles. The Balaban J connectivity index is 0.000000983. The van der Waals surface area contributed by atoms with Gasteiger partial charge in [0.15, 0.2) is 0 Å². The minimum Gasteiger partial charge on any atom is -0.491 e. The number of H-pyrrole nitrogens is 1. The lowest BCUT2D eigenvalue weighted by molar-refractivity contribution is -0.120. The van der Waals surface area contributed by atoms with E-state index in [0.717, 1.165) is 41.6 Å². The minimum atomic E-state index is -0.908. The van der Waals surface area contributed by atoms with Crippen molar-refractivity contribution in [2.75, 3.05) is 53.7 Å². The summed E-state index contributed by atoms with van der Waals surface area (Å²) < 4.78 is 19.9. The van der Waals surface area contributed by atoms with Crippen molar-refractivity contribution >= 4 is 35.0 Å². The van der Waals surface area contributed by atoms with Crippen LogP contribution in [0, 0.1) is 0 Å². The molecule has 3 aromatic rings. The van der Waals surface area contributed by atoms with Crippen LogP contribution in [0.2, 0.25) is 5.02 Å². The molecule has 2 atom stereocenters. The summed E-state index contributed by atoms with van der Waals surface area (Å²) in [6.07, 6.45) is 0.0866. The van der Waals surface area contributed by atoms with Crippen molar-refractivity contribution < 1.29 is 33.6 Å². The van der Waals surface area contributed by atoms with Crippen LogP contribution in [0.25, 0.3) is 10.9 Å². The number of aromatic amines is 1. The fourth-order valence-corrected chi connectivity index (χ4v) is 4.39. The second kappa shape index (κ2) is 15.3. The molecular formula is C28H36ClN3O7. The normalized spacial score (nSPS) is 15.1. The van der Waals surface area contributed by atoms with E-state index in [9.17, 15) is 14.7 Å². The highest BCUT2D eigenvalue weighted by atomic mass is 35.5. The molecule has 0 saturated heterocycles. The number of aromatic nitrogens is 1. The molecule has 0 saturated carbocycles. The quantitative estimate of drug-likeness (QED) is 0.241. The van der Waals surface area contributed by atoms with Gasteiger partial charge in [-0.1, -0.05) is 23.7 Å². The number of nitrogens with one attached hydrogen (secondary N) is 2. The van der Waals surface area contributed by atoms with Crippen LogP contribution < -0.4 is 10.1 Å². The molecule has 39 heavy (non-hydrogen) atoms. The van der Waals surface area contributed by atoms with E-state index in [1.54, 1.807) is 24.1 Å². The fourth-order valence-electron chi connectivity index (χ4n) is 4.22. The predicted octanol–water partition coefficient (Wildman–Crippen LogP) is 3.69. The van der Waals surface area contributed by atoms with Crippen LogP contribution >= 0.6 is 11.6 Å². The monoisotopic (exact) mass is 561 g/mol. The number of amides is 2. The van der Waals surface area contributed by atoms with Gasteiger partial charge in [0.05, 0.1) is 19.2 Å². The molecule has 1 aliphatic rings. The first kappa shape index (κ1) is 30.2. The van der Waals surface area contributed by atoms with Crippen molar-refractivity contribution in [3.8, 4) is 5.75 Å². The first-order chi connectivity index (χ1) is 18.9. The maximum absolute atomic E-state index is 11.8. The zero-order valence-corrected chi connectivity index (χ0v) is 23.2. The summed E-state index contributed by atoms with van der Waals surface area (Å²) in [4.78, 5) is 28.6. The Labute approximate surface area is 233 Å². The number of rotatable bonds is 11. The summed E-state index contributed by atoms with van der Waals surface area (Å²) in [7, 11) is 3.19. The Morgan fingerprint density at radius 1 is 1.21 bits per heavy atom. The average Bonchev–Trinajstić information content (AvgIpc) is 3.32. The van der Waals surface area contributed by atoms with E-state index < -0.39 is 12.2 Å². The molecule has 2 heterocycles. The van der Waals surface area contributed by atoms with Crippen molar-refractivity contribution in [3.63, 3.8) is 0 Å². The number of ether oxygens (including phenoxy) is 4. The molecule has 0 fully saturated rings. The first-order valence-electron chi connectivity index (χ1n) is 12.7. The number of hydrogen-bond acceptors (Lipinski definition) is 7. The van der Waals surface area contributed by atoms with Crippen molar-refractivity contribution in [3.05, 3.63) is 64.3 Å². The highest BCUT2D eigenvalue weighted by molar-refractivity contribution is 6.31. The summed E-state index contributed by atoms with van der Waals surface area (Å²) in [5.41, 5.74) is 4.07. The van der Waals surface area contributed by atoms with E-state index >= 15 is 0 Å². The number of aliphatic hydroxyl groups excluding tert-OH is 1. The lowest BCUT2D eigenvalue weighted by Crippen LogP contribution is -2.36. The largest absolute Gasteiger partial charge is 0.491 e. The average molecular weight is 562 g/mol. The molecule has 3 N–H and O–H groups in total. The van der Waals surface area contributed by atoms with Gasteiger partial charge in [0.25, 0.3) is 0 Å². The molecule has 0 aliphatic carbocycles. The van der Waals surface area contributed by atoms with Gasteiger partial charge in [-0.15, -0.1) is 0 Å². The SMILES string of the molecule is CCOC.COCCOC(=O)NCC(O)COc1ccc(C2c3[nH]c4ccc(Cl)cc4c3CCN2C=O)cc1. The molecule has 10 nitrogen and oxygen atoms in total. The molecule has 0 bridgehead atoms. The van der Waals surface area contributed by atoms with Crippen LogP contribution in [-0.2, 0) is 25.4 Å². The lowest BCUT2D eigenvalue weighted by atomic mass is 9.93. The topological polar surface area (TPSA) is 122 Å². The van der Waals surface area contributed by atoms with E-state index in [1.807, 2.05) is 37.3 Å². The van der Waals surface area contributed by atoms with E-state index in [2.05, 4.69) is 15.0 Å². The minimum absolute atomic E-state index is 0.00544. The number of benzene rings is 2. The second-order valence-corrected chi connectivity index (χ2v) is 9.26. The van der Waals surface area contributed by atoms with Crippen LogP contribution in [0.4, 0.5) is 4.79 Å². The molecule has 212 valence electrons. The third kappa shape index (κ3) is 8.34. The molecular weight excluding hydrogens is 526 g/mol. The van der Waals surface area contributed by atoms with E-state index in [-0.39, 0.29) is 25.8 Å². The summed E-state index contributed by atoms with van der Waals surface area (Å²) in [5.74, 6) is 0.563. The number of halogens is 1. The van der Waals surface area contributed by atoms with Crippen molar-refractivity contribution in [1.29, 1.82) is 0 Å². The fraction of sp³-hybridized carbons (Fsp3) is 0.429. The van der Waals surface area contributed by atoms with E-state index in [4.69, 9.17) is 25.8 Å². The van der Waals surface area contributed by atoms with Gasteiger partial charge in [-0.3, -0.25) is 4.79 Å². The second-order valence-electron chi connectivity index (χ2n) is 8.82. The number of hydrogen-bond donors (Lipinski definition) is 3. The Morgan fingerprint density at radius 2 is 1.95 bits per heavy atom. The molecule has 11 heteroatoms. The third-order valence-electron chi connectivity index (χ3n) is 6.19. The molecule has 0 spiro atoms. The Morgan fingerprint density at radius 3 is 2.62 bits per heavy atom. The molecule has 2 unspecified atom stereocenters. The van der Waals surface area contributed by atoms with Gasteiger partial charge >= 0.3 is 6.09 Å². The number of carbonyl (C=O) groups is 2. The van der Waals surface area contributed by atoms with Gasteiger partial charge in [-0.25, -0.2) is 4.79 Å². The Kier molecular flexibility index (Phi) is 11.9. The molecule has 4 rings (SSSR count). The van der Waals surface area contributed by atoms with Crippen molar-refractivity contribution in [2.24, 2.45) is 0 Å². The highest BCUT2D eigenvalue weighted by Gasteiger charge is 2.31. The van der Waals surface area contributed by atoms with E-state index in [0.29, 0.717) is 23.9 Å². The highest BCUT2D eigenvalue weighted by Crippen LogP contribution is 2.38. The molecule has 2 amide bonds. The summed E-state index contributed by atoms with van der Waals surface area (Å²) in [6, 6.07) is 12.9. The number of carbonyl (C=O) groups excluding carboxylic acids is 2. The number of nitrogens with zero attached hydrogens (tertiary/aromatic N) is 1. The summed E-state index contributed by atoms with van der Waals surface area (Å²) in [5, 5.41) is 14.3. The summed E-state index contributed by atoms with van der Waals surface area (Å²) >= 11 is 6.21. The van der Waals surface area contributed by atoms with Gasteiger partial charge < -0.3 is 39.3 Å². The van der Waals surface area contributed by atoms with Gasteiger partial charge in [0.2, 0.25) is 6.41 Å². The maximum Gasteiger partial charge on any atom is 0.407 e. The number of alkyl carbamates (subject to hydrolysis) is 1. The number of aliphatic hydroxyl groups is 1. The van der Waals surface area contributed by atoms with Crippen LogP contribution in [-0.4, -0.2) is 87.3 Å². The summed E-state index contributed by atoms with van der Waals surface area (Å²) in [6.45, 7) is 3.81. The van der Waals surface area contributed by atoms with Crippen LogP contribution in [0.5, 0.6) is 5.75 Å². The van der Waals surface area contributed by atoms with Gasteiger partial charge in [0, 0.05) is 49.0 Å². The van der Waals surface area contributed by atoms with E-state index in [1.165, 1.54) is 12.7 Å². The van der Waals surface area contributed by atoms with Crippen LogP contribution in [0.15, 0.2) is 42.5 Å². The maximum atomic E-state index is 11.8. The molecule has 1 aromatic heterocycles. The number of fused-ring (bicyclic) bond motifs is 3. The van der Waals surface area contributed by atoms with Crippen molar-refractivity contribution in [1.82, 2.24) is 15.2 Å². The van der Waals surface area contributed by atoms with Crippen LogP contribution in [0.1, 0.15) is 29.8 Å². The smallest absolute Gasteiger partial charge is 0.407 e. The zero-order chi connectivity index (χ0) is 28.2. The van der Waals surface area contributed by atoms with Gasteiger partial charge in [0.1, 0.15) is 25.1 Å². The Hall–Kier alpha value is -3.31. The molecule has 0 radical (unpaired) electrons. The first-order valence-corrected chi connectivity index (χ1v) is 13.1. The lowest BCUT2D eigenvalue weighted by Gasteiger charge is -2.33. The van der Waals surface area contributed by atoms with Gasteiger partial charge in [-0.05, 0) is 54.8 Å². The van der Waals surface area contributed by atoms with Gasteiger partial charge in [-0.2, -0.15) is 0 Å². The Bertz CT molecular complexity index is 1200.